The van der Waals surface area contributed by atoms with Crippen LogP contribution in [0.25, 0.3) is 0 Å². The summed E-state index contributed by atoms with van der Waals surface area (Å²) in [6.07, 6.45) is 2.70. The fourth-order valence-corrected chi connectivity index (χ4v) is 2.38. The molecular formula is C14H21ClN4O. The monoisotopic (exact) mass is 296 g/mol. The number of hydrogen-bond acceptors (Lipinski definition) is 4. The molecule has 1 fully saturated rings. The van der Waals surface area contributed by atoms with Crippen molar-refractivity contribution < 1.29 is 4.79 Å². The summed E-state index contributed by atoms with van der Waals surface area (Å²) in [5, 5.41) is 3.61. The van der Waals surface area contributed by atoms with Gasteiger partial charge in [-0.25, -0.2) is 4.98 Å². The molecule has 0 atom stereocenters. The molecule has 1 aromatic heterocycles. The Morgan fingerprint density at radius 1 is 1.40 bits per heavy atom. The van der Waals surface area contributed by atoms with Crippen LogP contribution < -0.4 is 10.2 Å². The van der Waals surface area contributed by atoms with Crippen molar-refractivity contribution in [1.29, 1.82) is 0 Å². The fraction of sp³-hybridized carbons (Fsp3) is 0.571. The lowest BCUT2D eigenvalue weighted by atomic mass is 10.3. The standard InChI is InChI=1S/C14H21ClN4O/c1-2-4-17-14(20)11-18-6-8-19(9-7-18)13-10-12(15)3-5-16-13/h3,5,10H,2,4,6-9,11H2,1H3,(H,17,20). The molecule has 0 radical (unpaired) electrons. The third-order valence-electron chi connectivity index (χ3n) is 3.34. The van der Waals surface area contributed by atoms with Gasteiger partial charge in [-0.05, 0) is 18.6 Å². The number of nitrogens with one attached hydrogen (secondary N) is 1. The largest absolute Gasteiger partial charge is 0.355 e. The quantitative estimate of drug-likeness (QED) is 0.892. The second-order valence-corrected chi connectivity index (χ2v) is 5.38. The topological polar surface area (TPSA) is 48.5 Å². The number of rotatable bonds is 5. The maximum absolute atomic E-state index is 11.7. The molecule has 2 rings (SSSR count). The number of nitrogens with zero attached hydrogens (tertiary/aromatic N) is 3. The number of carbonyl (C=O) groups is 1. The number of anilines is 1. The van der Waals surface area contributed by atoms with Crippen LogP contribution in [0.3, 0.4) is 0 Å². The Balaban J connectivity index is 1.79. The lowest BCUT2D eigenvalue weighted by molar-refractivity contribution is -0.122. The Morgan fingerprint density at radius 2 is 2.15 bits per heavy atom. The molecule has 1 N–H and O–H groups in total. The molecule has 1 amide bonds. The van der Waals surface area contributed by atoms with Gasteiger partial charge in [0.25, 0.3) is 0 Å². The highest BCUT2D eigenvalue weighted by Gasteiger charge is 2.19. The van der Waals surface area contributed by atoms with Gasteiger partial charge >= 0.3 is 0 Å². The summed E-state index contributed by atoms with van der Waals surface area (Å²) >= 11 is 5.98. The molecule has 110 valence electrons. The average molecular weight is 297 g/mol. The van der Waals surface area contributed by atoms with E-state index in [1.54, 1.807) is 12.3 Å². The Morgan fingerprint density at radius 3 is 2.80 bits per heavy atom. The summed E-state index contributed by atoms with van der Waals surface area (Å²) in [4.78, 5) is 20.4. The highest BCUT2D eigenvalue weighted by atomic mass is 35.5. The van der Waals surface area contributed by atoms with Crippen LogP contribution in [0.5, 0.6) is 0 Å². The lowest BCUT2D eigenvalue weighted by Gasteiger charge is -2.35. The van der Waals surface area contributed by atoms with E-state index in [2.05, 4.69) is 27.0 Å². The van der Waals surface area contributed by atoms with Gasteiger partial charge < -0.3 is 10.2 Å². The summed E-state index contributed by atoms with van der Waals surface area (Å²) in [6.45, 7) is 6.77. The van der Waals surface area contributed by atoms with Gasteiger partial charge in [0.05, 0.1) is 6.54 Å². The van der Waals surface area contributed by atoms with Gasteiger partial charge in [-0.3, -0.25) is 9.69 Å². The first kappa shape index (κ1) is 15.1. The van der Waals surface area contributed by atoms with Gasteiger partial charge in [-0.1, -0.05) is 18.5 Å². The van der Waals surface area contributed by atoms with Crippen LogP contribution in [0.15, 0.2) is 18.3 Å². The van der Waals surface area contributed by atoms with Crippen LogP contribution in [-0.2, 0) is 4.79 Å². The third kappa shape index (κ3) is 4.35. The van der Waals surface area contributed by atoms with Crippen molar-refractivity contribution >= 4 is 23.3 Å². The number of halogens is 1. The van der Waals surface area contributed by atoms with Crippen molar-refractivity contribution in [2.45, 2.75) is 13.3 Å². The molecule has 6 heteroatoms. The minimum atomic E-state index is 0.112. The number of amides is 1. The molecule has 5 nitrogen and oxygen atoms in total. The van der Waals surface area contributed by atoms with Gasteiger partial charge in [-0.2, -0.15) is 0 Å². The van der Waals surface area contributed by atoms with Crippen molar-refractivity contribution in [2.75, 3.05) is 44.2 Å². The lowest BCUT2D eigenvalue weighted by Crippen LogP contribution is -2.49. The predicted molar refractivity (Wildman–Crippen MR) is 81.2 cm³/mol. The zero-order valence-electron chi connectivity index (χ0n) is 11.8. The first-order valence-corrected chi connectivity index (χ1v) is 7.42. The molecule has 0 aliphatic carbocycles. The van der Waals surface area contributed by atoms with Gasteiger partial charge in [0.2, 0.25) is 5.91 Å². The average Bonchev–Trinajstić information content (AvgIpc) is 2.46. The number of pyridine rings is 1. The van der Waals surface area contributed by atoms with Crippen LogP contribution in [-0.4, -0.2) is 55.1 Å². The predicted octanol–water partition coefficient (Wildman–Crippen LogP) is 1.38. The molecule has 0 bridgehead atoms. The SMILES string of the molecule is CCCNC(=O)CN1CCN(c2cc(Cl)ccn2)CC1. The van der Waals surface area contributed by atoms with Crippen molar-refractivity contribution in [3.05, 3.63) is 23.4 Å². The van der Waals surface area contributed by atoms with Crippen LogP contribution in [0.1, 0.15) is 13.3 Å². The molecule has 1 aliphatic heterocycles. The molecule has 1 saturated heterocycles. The molecule has 1 aromatic rings. The minimum absolute atomic E-state index is 0.112. The summed E-state index contributed by atoms with van der Waals surface area (Å²) in [5.74, 6) is 1.02. The smallest absolute Gasteiger partial charge is 0.234 e. The van der Waals surface area contributed by atoms with E-state index in [0.29, 0.717) is 11.6 Å². The molecule has 0 aromatic carbocycles. The van der Waals surface area contributed by atoms with Crippen LogP contribution in [0.2, 0.25) is 5.02 Å². The first-order chi connectivity index (χ1) is 9.69. The van der Waals surface area contributed by atoms with Crippen LogP contribution in [0, 0.1) is 0 Å². The molecule has 0 unspecified atom stereocenters. The second kappa shape index (κ2) is 7.45. The summed E-state index contributed by atoms with van der Waals surface area (Å²) in [5.41, 5.74) is 0. The zero-order valence-corrected chi connectivity index (χ0v) is 12.6. The van der Waals surface area contributed by atoms with Crippen LogP contribution in [0.4, 0.5) is 5.82 Å². The number of carbonyl (C=O) groups excluding carboxylic acids is 1. The Kier molecular flexibility index (Phi) is 5.61. The normalized spacial score (nSPS) is 16.2. The summed E-state index contributed by atoms with van der Waals surface area (Å²) in [7, 11) is 0. The van der Waals surface area contributed by atoms with E-state index in [-0.39, 0.29) is 5.91 Å². The van der Waals surface area contributed by atoms with Crippen molar-refractivity contribution in [2.24, 2.45) is 0 Å². The molecule has 0 spiro atoms. The number of piperazine rings is 1. The fourth-order valence-electron chi connectivity index (χ4n) is 2.22. The van der Waals surface area contributed by atoms with Gasteiger partial charge in [0.15, 0.2) is 0 Å². The van der Waals surface area contributed by atoms with E-state index < -0.39 is 0 Å². The van der Waals surface area contributed by atoms with E-state index in [0.717, 1.165) is 45.0 Å². The first-order valence-electron chi connectivity index (χ1n) is 7.04. The summed E-state index contributed by atoms with van der Waals surface area (Å²) in [6, 6.07) is 3.66. The van der Waals surface area contributed by atoms with Crippen molar-refractivity contribution in [3.63, 3.8) is 0 Å². The maximum atomic E-state index is 11.7. The van der Waals surface area contributed by atoms with Crippen molar-refractivity contribution in [3.8, 4) is 0 Å². The van der Waals surface area contributed by atoms with E-state index in [1.165, 1.54) is 0 Å². The maximum Gasteiger partial charge on any atom is 0.234 e. The Labute approximate surface area is 124 Å². The molecular weight excluding hydrogens is 276 g/mol. The third-order valence-corrected chi connectivity index (χ3v) is 3.58. The van der Waals surface area contributed by atoms with E-state index in [9.17, 15) is 4.79 Å². The summed E-state index contributed by atoms with van der Waals surface area (Å²) < 4.78 is 0. The molecule has 1 aliphatic rings. The zero-order chi connectivity index (χ0) is 14.4. The molecule has 2 heterocycles. The highest BCUT2D eigenvalue weighted by molar-refractivity contribution is 6.30. The Bertz CT molecular complexity index is 447. The van der Waals surface area contributed by atoms with Gasteiger partial charge in [0.1, 0.15) is 5.82 Å². The second-order valence-electron chi connectivity index (χ2n) is 4.95. The minimum Gasteiger partial charge on any atom is -0.355 e. The molecule has 20 heavy (non-hydrogen) atoms. The van der Waals surface area contributed by atoms with Crippen LogP contribution >= 0.6 is 11.6 Å². The number of aromatic nitrogens is 1. The van der Waals surface area contributed by atoms with E-state index in [4.69, 9.17) is 11.6 Å². The number of hydrogen-bond donors (Lipinski definition) is 1. The van der Waals surface area contributed by atoms with Gasteiger partial charge in [0, 0.05) is 43.9 Å². The van der Waals surface area contributed by atoms with Gasteiger partial charge in [-0.15, -0.1) is 0 Å². The Hall–Kier alpha value is -1.33. The van der Waals surface area contributed by atoms with Crippen molar-refractivity contribution in [1.82, 2.24) is 15.2 Å². The molecule has 0 saturated carbocycles. The highest BCUT2D eigenvalue weighted by Crippen LogP contribution is 2.17. The van der Waals surface area contributed by atoms with E-state index in [1.807, 2.05) is 6.07 Å². The van der Waals surface area contributed by atoms with E-state index >= 15 is 0 Å².